The molecule has 0 aliphatic carbocycles. The first-order chi connectivity index (χ1) is 5.11. The molecule has 0 amide bonds. The first kappa shape index (κ1) is 9.26. The molecule has 0 aromatic carbocycles. The predicted octanol–water partition coefficient (Wildman–Crippen LogP) is 3.46. The highest BCUT2D eigenvalue weighted by atomic mass is 127. The maximum Gasteiger partial charge on any atom is 0.142 e. The van der Waals surface area contributed by atoms with Crippen LogP contribution in [0.2, 0.25) is 5.15 Å². The number of hydrogen-bond acceptors (Lipinski definition) is 1. The molecule has 1 nitrogen and oxygen atoms in total. The van der Waals surface area contributed by atoms with Crippen molar-refractivity contribution in [2.75, 3.05) is 0 Å². The number of pyridine rings is 1. The highest BCUT2D eigenvalue weighted by molar-refractivity contribution is 14.1. The van der Waals surface area contributed by atoms with Crippen LogP contribution in [0.5, 0.6) is 0 Å². The van der Waals surface area contributed by atoms with E-state index in [4.69, 9.17) is 11.6 Å². The third-order valence-corrected chi connectivity index (χ3v) is 2.93. The molecule has 0 radical (unpaired) electrons. The Morgan fingerprint density at radius 3 is 2.64 bits per heavy atom. The van der Waals surface area contributed by atoms with Crippen LogP contribution >= 0.6 is 34.2 Å². The van der Waals surface area contributed by atoms with E-state index in [2.05, 4.69) is 47.5 Å². The van der Waals surface area contributed by atoms with Gasteiger partial charge in [0, 0.05) is 6.20 Å². The monoisotopic (exact) mass is 281 g/mol. The van der Waals surface area contributed by atoms with Crippen LogP contribution in [-0.2, 0) is 0 Å². The Kier molecular flexibility index (Phi) is 3.13. The van der Waals surface area contributed by atoms with Crippen LogP contribution in [0, 0.1) is 3.57 Å². The van der Waals surface area contributed by atoms with E-state index in [-0.39, 0.29) is 0 Å². The number of rotatable bonds is 1. The summed E-state index contributed by atoms with van der Waals surface area (Å²) in [6.45, 7) is 4.28. The Labute approximate surface area is 85.3 Å². The molecule has 0 saturated heterocycles. The van der Waals surface area contributed by atoms with E-state index in [1.54, 1.807) is 0 Å². The molecule has 0 aliphatic heterocycles. The van der Waals surface area contributed by atoms with Gasteiger partial charge in [0.1, 0.15) is 5.15 Å². The van der Waals surface area contributed by atoms with Gasteiger partial charge in [-0.15, -0.1) is 0 Å². The van der Waals surface area contributed by atoms with Gasteiger partial charge in [0.2, 0.25) is 0 Å². The van der Waals surface area contributed by atoms with E-state index in [9.17, 15) is 0 Å². The van der Waals surface area contributed by atoms with Crippen molar-refractivity contribution in [3.05, 3.63) is 26.5 Å². The van der Waals surface area contributed by atoms with Crippen LogP contribution in [0.1, 0.15) is 25.3 Å². The molecule has 1 heterocycles. The number of hydrogen-bond donors (Lipinski definition) is 0. The minimum absolute atomic E-state index is 0.522. The summed E-state index contributed by atoms with van der Waals surface area (Å²) in [5, 5.41) is 0.593. The van der Waals surface area contributed by atoms with Gasteiger partial charge in [-0.05, 0) is 40.1 Å². The van der Waals surface area contributed by atoms with Gasteiger partial charge in [-0.3, -0.25) is 0 Å². The van der Waals surface area contributed by atoms with Crippen LogP contribution < -0.4 is 0 Å². The topological polar surface area (TPSA) is 12.9 Å². The van der Waals surface area contributed by atoms with Crippen molar-refractivity contribution in [2.45, 2.75) is 19.8 Å². The lowest BCUT2D eigenvalue weighted by molar-refractivity contribution is 0.856. The molecule has 1 rings (SSSR count). The van der Waals surface area contributed by atoms with Crippen LogP contribution in [0.15, 0.2) is 12.3 Å². The average Bonchev–Trinajstić information content (AvgIpc) is 1.94. The van der Waals surface area contributed by atoms with Crippen LogP contribution in [-0.4, -0.2) is 4.98 Å². The highest BCUT2D eigenvalue weighted by Crippen LogP contribution is 2.20. The van der Waals surface area contributed by atoms with Crippen molar-refractivity contribution < 1.29 is 0 Å². The van der Waals surface area contributed by atoms with Crippen molar-refractivity contribution >= 4 is 34.2 Å². The van der Waals surface area contributed by atoms with Gasteiger partial charge in [-0.2, -0.15) is 0 Å². The number of aromatic nitrogens is 1. The molecule has 0 bridgehead atoms. The minimum atomic E-state index is 0.522. The third-order valence-electron chi connectivity index (χ3n) is 1.48. The zero-order valence-electron chi connectivity index (χ0n) is 6.44. The molecule has 0 spiro atoms. The summed E-state index contributed by atoms with van der Waals surface area (Å²) in [6.07, 6.45) is 1.83. The molecular weight excluding hydrogens is 272 g/mol. The van der Waals surface area contributed by atoms with Gasteiger partial charge in [-0.1, -0.05) is 25.4 Å². The van der Waals surface area contributed by atoms with E-state index in [1.807, 2.05) is 6.20 Å². The van der Waals surface area contributed by atoms with Crippen LogP contribution in [0.25, 0.3) is 0 Å². The fourth-order valence-electron chi connectivity index (χ4n) is 0.752. The van der Waals surface area contributed by atoms with Crippen molar-refractivity contribution in [1.82, 2.24) is 4.98 Å². The van der Waals surface area contributed by atoms with E-state index < -0.39 is 0 Å². The highest BCUT2D eigenvalue weighted by Gasteiger charge is 2.02. The van der Waals surface area contributed by atoms with Crippen LogP contribution in [0.3, 0.4) is 0 Å². The summed E-state index contributed by atoms with van der Waals surface area (Å²) in [7, 11) is 0. The molecule has 0 N–H and O–H groups in total. The quantitative estimate of drug-likeness (QED) is 0.567. The fourth-order valence-corrected chi connectivity index (χ4v) is 1.35. The average molecular weight is 282 g/mol. The van der Waals surface area contributed by atoms with E-state index >= 15 is 0 Å². The fraction of sp³-hybridized carbons (Fsp3) is 0.375. The maximum atomic E-state index is 5.77. The van der Waals surface area contributed by atoms with Gasteiger partial charge < -0.3 is 0 Å². The van der Waals surface area contributed by atoms with Gasteiger partial charge in [0.05, 0.1) is 3.57 Å². The Hall–Kier alpha value is 0.170. The standard InChI is InChI=1S/C8H9ClIN/c1-5(2)6-3-7(10)8(9)11-4-6/h3-5H,1-2H3. The number of halogens is 2. The first-order valence-electron chi connectivity index (χ1n) is 3.42. The smallest absolute Gasteiger partial charge is 0.142 e. The second kappa shape index (κ2) is 3.72. The molecule has 0 unspecified atom stereocenters. The molecular formula is C8H9ClIN. The van der Waals surface area contributed by atoms with E-state index in [0.717, 1.165) is 3.57 Å². The zero-order chi connectivity index (χ0) is 8.43. The summed E-state index contributed by atoms with van der Waals surface area (Å²) in [5.74, 6) is 0.522. The maximum absolute atomic E-state index is 5.77. The van der Waals surface area contributed by atoms with Crippen molar-refractivity contribution in [3.63, 3.8) is 0 Å². The second-order valence-electron chi connectivity index (χ2n) is 2.70. The zero-order valence-corrected chi connectivity index (χ0v) is 9.35. The van der Waals surface area contributed by atoms with Crippen molar-refractivity contribution in [1.29, 1.82) is 0 Å². The lowest BCUT2D eigenvalue weighted by atomic mass is 10.1. The Morgan fingerprint density at radius 2 is 2.18 bits per heavy atom. The SMILES string of the molecule is CC(C)c1cnc(Cl)c(I)c1. The molecule has 0 saturated carbocycles. The van der Waals surface area contributed by atoms with Gasteiger partial charge in [-0.25, -0.2) is 4.98 Å². The molecule has 60 valence electrons. The summed E-state index contributed by atoms with van der Waals surface area (Å²) in [5.41, 5.74) is 1.24. The largest absolute Gasteiger partial charge is 0.243 e. The minimum Gasteiger partial charge on any atom is -0.243 e. The molecule has 3 heteroatoms. The van der Waals surface area contributed by atoms with E-state index in [0.29, 0.717) is 11.1 Å². The Balaban J connectivity index is 3.05. The van der Waals surface area contributed by atoms with Gasteiger partial charge >= 0.3 is 0 Å². The number of nitrogens with zero attached hydrogens (tertiary/aromatic N) is 1. The van der Waals surface area contributed by atoms with Crippen molar-refractivity contribution in [2.24, 2.45) is 0 Å². The lowest BCUT2D eigenvalue weighted by Crippen LogP contribution is -1.90. The molecule has 0 fully saturated rings. The summed E-state index contributed by atoms with van der Waals surface area (Å²) < 4.78 is 1.02. The third kappa shape index (κ3) is 2.30. The lowest BCUT2D eigenvalue weighted by Gasteiger charge is -2.04. The van der Waals surface area contributed by atoms with Crippen LogP contribution in [0.4, 0.5) is 0 Å². The molecule has 11 heavy (non-hydrogen) atoms. The predicted molar refractivity (Wildman–Crippen MR) is 56.1 cm³/mol. The summed E-state index contributed by atoms with van der Waals surface area (Å²) >= 11 is 7.96. The van der Waals surface area contributed by atoms with Gasteiger partial charge in [0.25, 0.3) is 0 Å². The van der Waals surface area contributed by atoms with Crippen molar-refractivity contribution in [3.8, 4) is 0 Å². The molecule has 1 aromatic heterocycles. The second-order valence-corrected chi connectivity index (χ2v) is 4.22. The molecule has 1 aromatic rings. The summed E-state index contributed by atoms with van der Waals surface area (Å²) in [6, 6.07) is 2.07. The molecule has 0 aliphatic rings. The first-order valence-corrected chi connectivity index (χ1v) is 4.88. The summed E-state index contributed by atoms with van der Waals surface area (Å²) in [4.78, 5) is 4.06. The normalized spacial score (nSPS) is 10.6. The van der Waals surface area contributed by atoms with E-state index in [1.165, 1.54) is 5.56 Å². The van der Waals surface area contributed by atoms with Gasteiger partial charge in [0.15, 0.2) is 0 Å². The molecule has 0 atom stereocenters. The Bertz CT molecular complexity index is 260. The Morgan fingerprint density at radius 1 is 1.55 bits per heavy atom.